The van der Waals surface area contributed by atoms with E-state index in [1.54, 1.807) is 6.08 Å². The lowest BCUT2D eigenvalue weighted by molar-refractivity contribution is -0.258. The van der Waals surface area contributed by atoms with Crippen LogP contribution in [0, 0.1) is 23.7 Å². The van der Waals surface area contributed by atoms with E-state index >= 15 is 4.79 Å². The Morgan fingerprint density at radius 2 is 1.49 bits per heavy atom. The van der Waals surface area contributed by atoms with Gasteiger partial charge in [0.05, 0.1) is 18.2 Å². The molecule has 0 saturated heterocycles. The number of benzene rings is 6. The van der Waals surface area contributed by atoms with E-state index in [1.807, 2.05) is 78.9 Å². The highest BCUT2D eigenvalue weighted by Crippen LogP contribution is 2.62. The Kier molecular flexibility index (Phi) is 14.6. The maximum Gasteiger partial charge on any atom is 0.239 e. The van der Waals surface area contributed by atoms with Crippen molar-refractivity contribution in [2.24, 2.45) is 28.8 Å². The van der Waals surface area contributed by atoms with E-state index in [2.05, 4.69) is 84.3 Å². The first-order valence-corrected chi connectivity index (χ1v) is 25.3. The van der Waals surface area contributed by atoms with Gasteiger partial charge >= 0.3 is 0 Å². The van der Waals surface area contributed by atoms with Crippen LogP contribution >= 0.6 is 0 Å². The number of nitrogens with zero attached hydrogens (tertiary/aromatic N) is 2. The predicted octanol–water partition coefficient (Wildman–Crippen LogP) is 12.6. The molecule has 0 spiro atoms. The molecule has 9 nitrogen and oxygen atoms in total. The fraction of sp³-hybridized carbons (Fsp3) is 0.344. The van der Waals surface area contributed by atoms with E-state index < -0.39 is 17.7 Å². The number of carbonyl (C=O) groups excluding carboxylic acids is 1. The molecule has 3 aliphatic carbocycles. The Hall–Kier alpha value is -6.52. The van der Waals surface area contributed by atoms with Gasteiger partial charge in [0.1, 0.15) is 29.9 Å². The Labute approximate surface area is 412 Å². The zero-order valence-electron chi connectivity index (χ0n) is 39.9. The van der Waals surface area contributed by atoms with E-state index in [-0.39, 0.29) is 56.0 Å². The molecule has 2 N–H and O–H groups in total. The average molecular weight is 937 g/mol. The number of unbranched alkanes of at least 4 members (excludes halogenated alkanes) is 2. The van der Waals surface area contributed by atoms with Crippen molar-refractivity contribution < 1.29 is 34.1 Å². The Morgan fingerprint density at radius 1 is 0.786 bits per heavy atom. The van der Waals surface area contributed by atoms with Crippen molar-refractivity contribution in [2.75, 3.05) is 19.8 Å². The first-order chi connectivity index (χ1) is 34.5. The minimum absolute atomic E-state index is 0.0737. The molecule has 0 aromatic heterocycles. The van der Waals surface area contributed by atoms with Gasteiger partial charge in [-0.25, -0.2) is 0 Å². The van der Waals surface area contributed by atoms with E-state index in [9.17, 15) is 10.2 Å². The molecule has 70 heavy (non-hydrogen) atoms. The van der Waals surface area contributed by atoms with Crippen molar-refractivity contribution in [1.29, 1.82) is 0 Å². The molecule has 0 radical (unpaired) electrons. The maximum absolute atomic E-state index is 15.2. The fourth-order valence-corrected chi connectivity index (χ4v) is 11.5. The third-order valence-corrected chi connectivity index (χ3v) is 14.9. The van der Waals surface area contributed by atoms with Crippen LogP contribution in [0.1, 0.15) is 80.4 Å². The molecule has 9 heteroatoms. The number of hydrogen-bond donors (Lipinski definition) is 2. The van der Waals surface area contributed by atoms with Crippen molar-refractivity contribution in [3.8, 4) is 28.4 Å². The van der Waals surface area contributed by atoms with Gasteiger partial charge in [-0.2, -0.15) is 0 Å². The minimum atomic E-state index is -1.37. The zero-order chi connectivity index (χ0) is 47.9. The number of ether oxygens (including phenoxy) is 3. The summed E-state index contributed by atoms with van der Waals surface area (Å²) in [5, 5.41) is 27.5. The molecule has 1 amide bonds. The van der Waals surface area contributed by atoms with Gasteiger partial charge in [0.25, 0.3) is 0 Å². The van der Waals surface area contributed by atoms with Gasteiger partial charge in [-0.05, 0) is 119 Å². The quantitative estimate of drug-likeness (QED) is 0.0420. The van der Waals surface area contributed by atoms with Crippen LogP contribution in [0.3, 0.4) is 0 Å². The molecule has 360 valence electrons. The van der Waals surface area contributed by atoms with E-state index in [4.69, 9.17) is 24.2 Å². The molecule has 6 atom stereocenters. The molecule has 6 aromatic carbocycles. The number of rotatable bonds is 21. The van der Waals surface area contributed by atoms with Crippen molar-refractivity contribution in [2.45, 2.75) is 88.7 Å². The number of oxime groups is 1. The van der Waals surface area contributed by atoms with Crippen molar-refractivity contribution in [3.63, 3.8) is 0 Å². The number of aliphatic hydroxyl groups excluding tert-OH is 2. The van der Waals surface area contributed by atoms with Crippen LogP contribution in [-0.2, 0) is 27.5 Å². The SMILES string of the molecule is C=CCO[C@@]12Oc3ccc(Oc4ccc(-c5ccccc5)cc4)cc3[C@H]3[C@H](CCCCO)[C@@H](CCCCO)C=C(C(=NOCc4ccccc4)C[C@@H]1N(Cc1cccc4ccccc14)C(=O)C1CC1)[C@H]32. The highest BCUT2D eigenvalue weighted by atomic mass is 16.7. The van der Waals surface area contributed by atoms with Crippen LogP contribution in [-0.4, -0.2) is 58.4 Å². The second kappa shape index (κ2) is 21.6. The van der Waals surface area contributed by atoms with Crippen LogP contribution in [0.2, 0.25) is 0 Å². The molecule has 4 aliphatic rings. The van der Waals surface area contributed by atoms with E-state index in [0.29, 0.717) is 37.3 Å². The number of carbonyl (C=O) groups is 1. The Bertz CT molecular complexity index is 2800. The number of fused-ring (bicyclic) bond motifs is 3. The summed E-state index contributed by atoms with van der Waals surface area (Å²) in [5.74, 6) is 0.255. The second-order valence-corrected chi connectivity index (χ2v) is 19.4. The molecule has 0 unspecified atom stereocenters. The maximum atomic E-state index is 15.2. The fourth-order valence-electron chi connectivity index (χ4n) is 11.5. The lowest BCUT2D eigenvalue weighted by Gasteiger charge is -2.60. The smallest absolute Gasteiger partial charge is 0.239 e. The molecule has 6 aromatic rings. The molecular weight excluding hydrogens is 873 g/mol. The number of amides is 1. The van der Waals surface area contributed by atoms with Gasteiger partial charge in [0.2, 0.25) is 11.7 Å². The summed E-state index contributed by atoms with van der Waals surface area (Å²) in [6, 6.07) is 48.7. The van der Waals surface area contributed by atoms with Crippen LogP contribution in [0.4, 0.5) is 0 Å². The van der Waals surface area contributed by atoms with Crippen LogP contribution in [0.25, 0.3) is 21.9 Å². The average Bonchev–Trinajstić information content (AvgIpc) is 4.26. The molecule has 2 fully saturated rings. The van der Waals surface area contributed by atoms with Gasteiger partial charge in [-0.3, -0.25) is 4.79 Å². The third-order valence-electron chi connectivity index (χ3n) is 14.9. The highest BCUT2D eigenvalue weighted by molar-refractivity contribution is 6.03. The first kappa shape index (κ1) is 47.2. The summed E-state index contributed by atoms with van der Waals surface area (Å²) < 4.78 is 21.6. The van der Waals surface area contributed by atoms with Crippen molar-refractivity contribution in [3.05, 3.63) is 187 Å². The lowest BCUT2D eigenvalue weighted by atomic mass is 9.55. The van der Waals surface area contributed by atoms with Crippen molar-refractivity contribution in [1.82, 2.24) is 4.90 Å². The monoisotopic (exact) mass is 936 g/mol. The number of aliphatic hydroxyl groups is 2. The standard InChI is InChI=1S/C61H64N2O7/c1-2-36-67-61-57(63(60(66)46-26-27-46)40-48-23-15-22-45-20-9-10-24-51(45)48)39-55(62-68-41-42-16-5-3-6-17-42)53-37-47(21-11-13-34-64)52(25-12-14-35-65)58(59(53)61)54-38-50(32-33-56(54)70-61)69-49-30-28-44(29-31-49)43-18-7-4-8-19-43/h2-10,15-20,22-24,28-33,37-38,46-47,52,57-59,64-65H,1,11-14,21,25-27,34-36,39-41H2/t47-,52+,57-,58+,59+,61+/m0/s1. The summed E-state index contributed by atoms with van der Waals surface area (Å²) in [7, 11) is 0. The van der Waals surface area contributed by atoms with Crippen LogP contribution in [0.5, 0.6) is 17.2 Å². The topological polar surface area (TPSA) is 110 Å². The summed E-state index contributed by atoms with van der Waals surface area (Å²) in [4.78, 5) is 23.7. The largest absolute Gasteiger partial charge is 0.459 e. The van der Waals surface area contributed by atoms with Gasteiger partial charge in [0.15, 0.2) is 0 Å². The Morgan fingerprint density at radius 3 is 2.24 bits per heavy atom. The predicted molar refractivity (Wildman–Crippen MR) is 275 cm³/mol. The number of hydrogen-bond acceptors (Lipinski definition) is 8. The van der Waals surface area contributed by atoms with Gasteiger partial charge in [0, 0.05) is 43.6 Å². The van der Waals surface area contributed by atoms with Gasteiger partial charge in [-0.15, -0.1) is 6.58 Å². The normalized spacial score (nSPS) is 22.9. The molecule has 1 heterocycles. The Balaban J connectivity index is 1.14. The summed E-state index contributed by atoms with van der Waals surface area (Å²) in [6.07, 6.45) is 10.9. The van der Waals surface area contributed by atoms with E-state index in [1.165, 1.54) is 0 Å². The van der Waals surface area contributed by atoms with Crippen LogP contribution < -0.4 is 9.47 Å². The van der Waals surface area contributed by atoms with E-state index in [0.717, 1.165) is 94.1 Å². The molecular formula is C61H64N2O7. The lowest BCUT2D eigenvalue weighted by Crippen LogP contribution is -2.70. The third kappa shape index (κ3) is 9.93. The van der Waals surface area contributed by atoms with Crippen LogP contribution in [0.15, 0.2) is 175 Å². The molecule has 1 aliphatic heterocycles. The highest BCUT2D eigenvalue weighted by Gasteiger charge is 2.66. The van der Waals surface area contributed by atoms with Crippen molar-refractivity contribution >= 4 is 22.4 Å². The summed E-state index contributed by atoms with van der Waals surface area (Å²) in [5.41, 5.74) is 7.08. The number of allylic oxidation sites excluding steroid dienone is 1. The zero-order valence-corrected chi connectivity index (χ0v) is 39.9. The molecule has 0 bridgehead atoms. The molecule has 2 saturated carbocycles. The van der Waals surface area contributed by atoms with Gasteiger partial charge in [-0.1, -0.05) is 145 Å². The molecule has 10 rings (SSSR count). The second-order valence-electron chi connectivity index (χ2n) is 19.4. The summed E-state index contributed by atoms with van der Waals surface area (Å²) in [6.45, 7) is 5.19. The minimum Gasteiger partial charge on any atom is -0.459 e. The van der Waals surface area contributed by atoms with Gasteiger partial charge < -0.3 is 34.2 Å². The summed E-state index contributed by atoms with van der Waals surface area (Å²) >= 11 is 0. The first-order valence-electron chi connectivity index (χ1n) is 25.3.